The first-order chi connectivity index (χ1) is 9.58. The van der Waals surface area contributed by atoms with Crippen molar-refractivity contribution in [2.75, 3.05) is 5.73 Å². The number of rotatable bonds is 3. The number of hydrogen-bond acceptors (Lipinski definition) is 4. The summed E-state index contributed by atoms with van der Waals surface area (Å²) in [7, 11) is 0. The number of nitrogens with one attached hydrogen (secondary N) is 1. The topological polar surface area (TPSA) is 87.7 Å². The van der Waals surface area contributed by atoms with Crippen LogP contribution in [0.15, 0.2) is 52.0 Å². The minimum Gasteiger partial charge on any atom is -0.507 e. The van der Waals surface area contributed by atoms with Gasteiger partial charge in [-0.25, -0.2) is 5.43 Å². The largest absolute Gasteiger partial charge is 0.507 e. The van der Waals surface area contributed by atoms with Crippen LogP contribution in [0.5, 0.6) is 5.75 Å². The molecular weight excluding hydrogens is 322 g/mol. The lowest BCUT2D eigenvalue weighted by molar-refractivity contribution is 0.0956. The Bertz CT molecular complexity index is 671. The van der Waals surface area contributed by atoms with Crippen LogP contribution in [0.4, 0.5) is 5.69 Å². The number of aromatic hydroxyl groups is 1. The van der Waals surface area contributed by atoms with Crippen molar-refractivity contribution in [2.45, 2.75) is 0 Å². The van der Waals surface area contributed by atoms with Crippen LogP contribution >= 0.6 is 15.9 Å². The number of halogens is 1. The first kappa shape index (κ1) is 14.1. The molecule has 2 aromatic rings. The summed E-state index contributed by atoms with van der Waals surface area (Å²) >= 11 is 3.20. The standard InChI is InChI=1S/C14H12BrN3O2/c15-11-7-9(5-6-13(11)19)8-17-18-14(20)10-3-1-2-4-12(10)16/h1-8,19H,16H2,(H,18,20)/b17-8+. The minimum atomic E-state index is -0.378. The molecule has 0 unspecified atom stereocenters. The van der Waals surface area contributed by atoms with Gasteiger partial charge in [-0.3, -0.25) is 4.79 Å². The van der Waals surface area contributed by atoms with Crippen molar-refractivity contribution in [3.8, 4) is 5.75 Å². The van der Waals surface area contributed by atoms with E-state index < -0.39 is 0 Å². The second-order valence-electron chi connectivity index (χ2n) is 4.00. The molecule has 6 heteroatoms. The smallest absolute Gasteiger partial charge is 0.273 e. The van der Waals surface area contributed by atoms with Crippen LogP contribution < -0.4 is 11.2 Å². The maximum Gasteiger partial charge on any atom is 0.273 e. The lowest BCUT2D eigenvalue weighted by Gasteiger charge is -2.03. The molecule has 2 rings (SSSR count). The summed E-state index contributed by atoms with van der Waals surface area (Å²) in [6.45, 7) is 0. The van der Waals surface area contributed by atoms with E-state index >= 15 is 0 Å². The lowest BCUT2D eigenvalue weighted by Crippen LogP contribution is -2.18. The molecule has 1 amide bonds. The fraction of sp³-hybridized carbons (Fsp3) is 0. The second-order valence-corrected chi connectivity index (χ2v) is 4.85. The molecule has 4 N–H and O–H groups in total. The number of carbonyl (C=O) groups excluding carboxylic acids is 1. The van der Waals surface area contributed by atoms with Crippen LogP contribution in [0, 0.1) is 0 Å². The molecule has 0 saturated carbocycles. The summed E-state index contributed by atoms with van der Waals surface area (Å²) in [6, 6.07) is 11.6. The lowest BCUT2D eigenvalue weighted by atomic mass is 10.2. The fourth-order valence-electron chi connectivity index (χ4n) is 1.53. The van der Waals surface area contributed by atoms with Crippen LogP contribution in [0.2, 0.25) is 0 Å². The molecule has 0 bridgehead atoms. The highest BCUT2D eigenvalue weighted by Gasteiger charge is 2.06. The van der Waals surface area contributed by atoms with Gasteiger partial charge < -0.3 is 10.8 Å². The van der Waals surface area contributed by atoms with Crippen LogP contribution in [0.1, 0.15) is 15.9 Å². The molecule has 0 atom stereocenters. The number of benzene rings is 2. The quantitative estimate of drug-likeness (QED) is 0.458. The zero-order valence-electron chi connectivity index (χ0n) is 10.4. The van der Waals surface area contributed by atoms with Gasteiger partial charge in [0, 0.05) is 5.69 Å². The summed E-state index contributed by atoms with van der Waals surface area (Å²) in [5, 5.41) is 13.2. The van der Waals surface area contributed by atoms with E-state index in [1.807, 2.05) is 0 Å². The van der Waals surface area contributed by atoms with Crippen LogP contribution in [-0.2, 0) is 0 Å². The normalized spacial score (nSPS) is 10.7. The van der Waals surface area contributed by atoms with E-state index in [1.165, 1.54) is 12.3 Å². The van der Waals surface area contributed by atoms with Crippen LogP contribution in [0.25, 0.3) is 0 Å². The van der Waals surface area contributed by atoms with Gasteiger partial charge in [-0.1, -0.05) is 12.1 Å². The third kappa shape index (κ3) is 3.36. The SMILES string of the molecule is Nc1ccccc1C(=O)N/N=C/c1ccc(O)c(Br)c1. The summed E-state index contributed by atoms with van der Waals surface area (Å²) in [6.07, 6.45) is 1.47. The van der Waals surface area contributed by atoms with Gasteiger partial charge in [-0.2, -0.15) is 5.10 Å². The molecule has 102 valence electrons. The average Bonchev–Trinajstić information content (AvgIpc) is 2.43. The molecule has 0 spiro atoms. The third-order valence-corrected chi connectivity index (χ3v) is 3.19. The van der Waals surface area contributed by atoms with Crippen LogP contribution in [0.3, 0.4) is 0 Å². The molecule has 0 aliphatic heterocycles. The van der Waals surface area contributed by atoms with E-state index in [0.29, 0.717) is 15.7 Å². The number of phenolic OH excluding ortho intramolecular Hbond substituents is 1. The second kappa shape index (κ2) is 6.21. The van der Waals surface area contributed by atoms with E-state index in [0.717, 1.165) is 5.56 Å². The van der Waals surface area contributed by atoms with E-state index in [2.05, 4.69) is 26.5 Å². The van der Waals surface area contributed by atoms with E-state index in [9.17, 15) is 9.90 Å². The number of phenols is 1. The molecule has 0 aliphatic carbocycles. The van der Waals surface area contributed by atoms with Crippen molar-refractivity contribution in [1.29, 1.82) is 0 Å². The zero-order chi connectivity index (χ0) is 14.5. The Morgan fingerprint density at radius 3 is 2.75 bits per heavy atom. The predicted octanol–water partition coefficient (Wildman–Crippen LogP) is 2.50. The molecule has 20 heavy (non-hydrogen) atoms. The summed E-state index contributed by atoms with van der Waals surface area (Å²) in [5.41, 5.74) is 9.59. The Balaban J connectivity index is 2.05. The van der Waals surface area contributed by atoms with Gasteiger partial charge in [0.05, 0.1) is 16.3 Å². The number of nitrogens with two attached hydrogens (primary N) is 1. The highest BCUT2D eigenvalue weighted by molar-refractivity contribution is 9.10. The van der Waals surface area contributed by atoms with Crippen molar-refractivity contribution in [3.63, 3.8) is 0 Å². The van der Waals surface area contributed by atoms with Crippen molar-refractivity contribution in [1.82, 2.24) is 5.43 Å². The van der Waals surface area contributed by atoms with Crippen molar-refractivity contribution >= 4 is 33.7 Å². The molecule has 0 radical (unpaired) electrons. The molecule has 0 saturated heterocycles. The number of carbonyl (C=O) groups is 1. The number of nitrogen functional groups attached to an aromatic ring is 1. The first-order valence-corrected chi connectivity index (χ1v) is 6.53. The summed E-state index contributed by atoms with van der Waals surface area (Å²) in [5.74, 6) is -0.236. The molecule has 5 nitrogen and oxygen atoms in total. The van der Waals surface area contributed by atoms with Gasteiger partial charge in [0.1, 0.15) is 5.75 Å². The van der Waals surface area contributed by atoms with E-state index in [1.54, 1.807) is 36.4 Å². The van der Waals surface area contributed by atoms with Crippen molar-refractivity contribution < 1.29 is 9.90 Å². The van der Waals surface area contributed by atoms with Gasteiger partial charge in [0.25, 0.3) is 5.91 Å². The highest BCUT2D eigenvalue weighted by atomic mass is 79.9. The number of hydrazone groups is 1. The van der Waals surface area contributed by atoms with Crippen LogP contribution in [-0.4, -0.2) is 17.2 Å². The number of anilines is 1. The van der Waals surface area contributed by atoms with Gasteiger partial charge >= 0.3 is 0 Å². The number of hydrogen-bond donors (Lipinski definition) is 3. The van der Waals surface area contributed by atoms with E-state index in [4.69, 9.17) is 5.73 Å². The summed E-state index contributed by atoms with van der Waals surface area (Å²) < 4.78 is 0.556. The Labute approximate surface area is 124 Å². The molecule has 2 aromatic carbocycles. The van der Waals surface area contributed by atoms with Gasteiger partial charge in [-0.05, 0) is 51.8 Å². The average molecular weight is 334 g/mol. The summed E-state index contributed by atoms with van der Waals surface area (Å²) in [4.78, 5) is 11.8. The molecule has 0 heterocycles. The number of nitrogens with zero attached hydrogens (tertiary/aromatic N) is 1. The molecule has 0 aliphatic rings. The van der Waals surface area contributed by atoms with Crippen molar-refractivity contribution in [2.24, 2.45) is 5.10 Å². The third-order valence-electron chi connectivity index (χ3n) is 2.56. The Kier molecular flexibility index (Phi) is 4.37. The number of amides is 1. The fourth-order valence-corrected chi connectivity index (χ4v) is 1.93. The zero-order valence-corrected chi connectivity index (χ0v) is 12.0. The molecule has 0 aromatic heterocycles. The van der Waals surface area contributed by atoms with Gasteiger partial charge in [0.15, 0.2) is 0 Å². The Morgan fingerprint density at radius 1 is 1.30 bits per heavy atom. The predicted molar refractivity (Wildman–Crippen MR) is 81.7 cm³/mol. The monoisotopic (exact) mass is 333 g/mol. The maximum atomic E-state index is 11.8. The molecule has 0 fully saturated rings. The Hall–Kier alpha value is -2.34. The van der Waals surface area contributed by atoms with Crippen molar-refractivity contribution in [3.05, 3.63) is 58.1 Å². The Morgan fingerprint density at radius 2 is 2.05 bits per heavy atom. The number of para-hydroxylation sites is 1. The van der Waals surface area contributed by atoms with E-state index in [-0.39, 0.29) is 11.7 Å². The minimum absolute atomic E-state index is 0.142. The van der Waals surface area contributed by atoms with Gasteiger partial charge in [-0.15, -0.1) is 0 Å². The highest BCUT2D eigenvalue weighted by Crippen LogP contribution is 2.23. The molecular formula is C14H12BrN3O2. The first-order valence-electron chi connectivity index (χ1n) is 5.74. The maximum absolute atomic E-state index is 11.8. The van der Waals surface area contributed by atoms with Gasteiger partial charge in [0.2, 0.25) is 0 Å².